The van der Waals surface area contributed by atoms with Crippen LogP contribution in [0.1, 0.15) is 90.4 Å². The number of hydrogen-bond donors (Lipinski definition) is 1. The molecule has 0 bridgehead atoms. The van der Waals surface area contributed by atoms with E-state index in [9.17, 15) is 14.4 Å². The SMILES string of the molecule is C#C.CCCC(=O)NC1CCC(CC2CCC(N3C(=O)CCC3=O)CC2)CC1. The van der Waals surface area contributed by atoms with Crippen LogP contribution in [-0.2, 0) is 14.4 Å². The van der Waals surface area contributed by atoms with E-state index in [1.54, 1.807) is 4.90 Å². The average Bonchev–Trinajstić information content (AvgIpc) is 3.04. The van der Waals surface area contributed by atoms with E-state index in [4.69, 9.17) is 0 Å². The van der Waals surface area contributed by atoms with E-state index in [1.807, 2.05) is 6.92 Å². The van der Waals surface area contributed by atoms with Crippen LogP contribution in [0.4, 0.5) is 0 Å². The summed E-state index contributed by atoms with van der Waals surface area (Å²) in [6, 6.07) is 0.548. The second kappa shape index (κ2) is 11.2. The summed E-state index contributed by atoms with van der Waals surface area (Å²) in [7, 11) is 0. The molecule has 0 unspecified atom stereocenters. The molecule has 3 fully saturated rings. The molecule has 1 heterocycles. The van der Waals surface area contributed by atoms with Gasteiger partial charge >= 0.3 is 0 Å². The first kappa shape index (κ1) is 22.5. The van der Waals surface area contributed by atoms with Crippen LogP contribution in [-0.4, -0.2) is 34.7 Å². The van der Waals surface area contributed by atoms with Crippen molar-refractivity contribution in [3.05, 3.63) is 0 Å². The molecule has 0 aromatic carbocycles. The summed E-state index contributed by atoms with van der Waals surface area (Å²) < 4.78 is 0. The first-order valence-electron chi connectivity index (χ1n) is 11.0. The molecule has 2 saturated carbocycles. The van der Waals surface area contributed by atoms with Crippen LogP contribution < -0.4 is 5.32 Å². The lowest BCUT2D eigenvalue weighted by Gasteiger charge is -2.36. The van der Waals surface area contributed by atoms with E-state index in [0.717, 1.165) is 56.8 Å². The van der Waals surface area contributed by atoms with E-state index in [-0.39, 0.29) is 23.8 Å². The third-order valence-corrected chi connectivity index (χ3v) is 6.63. The molecule has 5 heteroatoms. The third kappa shape index (κ3) is 6.09. The van der Waals surface area contributed by atoms with E-state index < -0.39 is 0 Å². The number of carbonyl (C=O) groups is 3. The zero-order valence-corrected chi connectivity index (χ0v) is 17.3. The maximum absolute atomic E-state index is 11.9. The minimum atomic E-state index is 0.0434. The highest BCUT2D eigenvalue weighted by atomic mass is 16.2. The van der Waals surface area contributed by atoms with Gasteiger partial charge in [-0.05, 0) is 76.0 Å². The largest absolute Gasteiger partial charge is 0.353 e. The summed E-state index contributed by atoms with van der Waals surface area (Å²) in [5, 5.41) is 3.18. The fourth-order valence-electron chi connectivity index (χ4n) is 5.18. The van der Waals surface area contributed by atoms with Crippen molar-refractivity contribution in [3.63, 3.8) is 0 Å². The highest BCUT2D eigenvalue weighted by Gasteiger charge is 2.37. The van der Waals surface area contributed by atoms with Crippen molar-refractivity contribution in [1.82, 2.24) is 10.2 Å². The van der Waals surface area contributed by atoms with Gasteiger partial charge in [-0.1, -0.05) is 6.92 Å². The van der Waals surface area contributed by atoms with Crippen molar-refractivity contribution in [2.75, 3.05) is 0 Å². The van der Waals surface area contributed by atoms with Crippen LogP contribution in [0.25, 0.3) is 0 Å². The second-order valence-corrected chi connectivity index (χ2v) is 8.60. The molecule has 156 valence electrons. The zero-order chi connectivity index (χ0) is 20.5. The van der Waals surface area contributed by atoms with Crippen molar-refractivity contribution in [3.8, 4) is 12.8 Å². The number of nitrogens with zero attached hydrogens (tertiary/aromatic N) is 1. The van der Waals surface area contributed by atoms with Crippen LogP contribution in [0, 0.1) is 24.7 Å². The Morgan fingerprint density at radius 1 is 0.929 bits per heavy atom. The smallest absolute Gasteiger partial charge is 0.229 e. The summed E-state index contributed by atoms with van der Waals surface area (Å²) in [5.41, 5.74) is 0. The summed E-state index contributed by atoms with van der Waals surface area (Å²) in [5.74, 6) is 1.82. The lowest BCUT2D eigenvalue weighted by atomic mass is 9.75. The summed E-state index contributed by atoms with van der Waals surface area (Å²) in [4.78, 5) is 37.1. The summed E-state index contributed by atoms with van der Waals surface area (Å²) in [6.45, 7) is 2.04. The number of imide groups is 1. The number of rotatable bonds is 6. The van der Waals surface area contributed by atoms with E-state index in [1.165, 1.54) is 19.3 Å². The Balaban J connectivity index is 0.00000136. The van der Waals surface area contributed by atoms with Crippen molar-refractivity contribution in [2.24, 2.45) is 11.8 Å². The number of nitrogens with one attached hydrogen (secondary N) is 1. The molecule has 0 aromatic rings. The fourth-order valence-corrected chi connectivity index (χ4v) is 5.18. The molecule has 0 spiro atoms. The lowest BCUT2D eigenvalue weighted by molar-refractivity contribution is -0.142. The number of likely N-dealkylation sites (tertiary alicyclic amines) is 1. The molecule has 1 aliphatic heterocycles. The Labute approximate surface area is 170 Å². The molecular formula is C23H36N2O3. The molecule has 0 atom stereocenters. The van der Waals surface area contributed by atoms with Crippen LogP contribution in [0.15, 0.2) is 0 Å². The van der Waals surface area contributed by atoms with Gasteiger partial charge in [0.15, 0.2) is 0 Å². The molecule has 3 aliphatic rings. The highest BCUT2D eigenvalue weighted by molar-refractivity contribution is 6.02. The van der Waals surface area contributed by atoms with Gasteiger partial charge < -0.3 is 5.32 Å². The third-order valence-electron chi connectivity index (χ3n) is 6.63. The van der Waals surface area contributed by atoms with Crippen LogP contribution >= 0.6 is 0 Å². The first-order valence-corrected chi connectivity index (χ1v) is 11.0. The standard InChI is InChI=1S/C21H34N2O3.C2H2/c1-2-3-19(24)22-17-8-4-15(5-9-17)14-16-6-10-18(11-7-16)23-20(25)12-13-21(23)26;1-2/h15-18H,2-14H2,1H3,(H,22,24);1-2H. The molecule has 3 amide bonds. The van der Waals surface area contributed by atoms with Crippen molar-refractivity contribution < 1.29 is 14.4 Å². The Morgan fingerprint density at radius 2 is 1.43 bits per heavy atom. The van der Waals surface area contributed by atoms with Crippen molar-refractivity contribution in [1.29, 1.82) is 0 Å². The molecule has 28 heavy (non-hydrogen) atoms. The van der Waals surface area contributed by atoms with Gasteiger partial charge in [-0.3, -0.25) is 19.3 Å². The fraction of sp³-hybridized carbons (Fsp3) is 0.783. The molecule has 0 aromatic heterocycles. The average molecular weight is 389 g/mol. The maximum Gasteiger partial charge on any atom is 0.229 e. The first-order chi connectivity index (χ1) is 13.6. The maximum atomic E-state index is 11.9. The van der Waals surface area contributed by atoms with Gasteiger partial charge in [-0.2, -0.15) is 0 Å². The van der Waals surface area contributed by atoms with Gasteiger partial charge in [0.1, 0.15) is 0 Å². The van der Waals surface area contributed by atoms with E-state index >= 15 is 0 Å². The number of carbonyl (C=O) groups excluding carboxylic acids is 3. The Bertz CT molecular complexity index is 539. The number of hydrogen-bond acceptors (Lipinski definition) is 3. The van der Waals surface area contributed by atoms with Crippen molar-refractivity contribution >= 4 is 17.7 Å². The Kier molecular flexibility index (Phi) is 9.02. The molecule has 1 saturated heterocycles. The summed E-state index contributed by atoms with van der Waals surface area (Å²) in [6.07, 6.45) is 20.6. The second-order valence-electron chi connectivity index (χ2n) is 8.60. The quantitative estimate of drug-likeness (QED) is 0.556. The topological polar surface area (TPSA) is 66.5 Å². The molecule has 3 rings (SSSR count). The predicted molar refractivity (Wildman–Crippen MR) is 110 cm³/mol. The highest BCUT2D eigenvalue weighted by Crippen LogP contribution is 2.37. The monoisotopic (exact) mass is 388 g/mol. The van der Waals surface area contributed by atoms with Gasteiger partial charge in [-0.25, -0.2) is 0 Å². The molecular weight excluding hydrogens is 352 g/mol. The number of terminal acetylenes is 1. The van der Waals surface area contributed by atoms with E-state index in [0.29, 0.717) is 25.3 Å². The van der Waals surface area contributed by atoms with Gasteiger partial charge in [0.2, 0.25) is 17.7 Å². The van der Waals surface area contributed by atoms with Crippen LogP contribution in [0.3, 0.4) is 0 Å². The Hall–Kier alpha value is -1.83. The predicted octanol–water partition coefficient (Wildman–Crippen LogP) is 3.81. The zero-order valence-electron chi connectivity index (χ0n) is 17.3. The molecule has 0 radical (unpaired) electrons. The molecule has 5 nitrogen and oxygen atoms in total. The van der Waals surface area contributed by atoms with Crippen LogP contribution in [0.2, 0.25) is 0 Å². The Morgan fingerprint density at radius 3 is 1.93 bits per heavy atom. The van der Waals surface area contributed by atoms with Gasteiger partial charge in [-0.15, -0.1) is 12.8 Å². The van der Waals surface area contributed by atoms with E-state index in [2.05, 4.69) is 18.2 Å². The van der Waals surface area contributed by atoms with Crippen molar-refractivity contribution in [2.45, 2.75) is 102 Å². The van der Waals surface area contributed by atoms with Gasteiger partial charge in [0.25, 0.3) is 0 Å². The number of amides is 3. The normalized spacial score (nSPS) is 30.5. The summed E-state index contributed by atoms with van der Waals surface area (Å²) >= 11 is 0. The lowest BCUT2D eigenvalue weighted by Crippen LogP contribution is -2.42. The minimum Gasteiger partial charge on any atom is -0.353 e. The molecule has 1 N–H and O–H groups in total. The molecule has 2 aliphatic carbocycles. The van der Waals surface area contributed by atoms with Gasteiger partial charge in [0.05, 0.1) is 0 Å². The minimum absolute atomic E-state index is 0.0434. The van der Waals surface area contributed by atoms with Crippen LogP contribution in [0.5, 0.6) is 0 Å². The van der Waals surface area contributed by atoms with Gasteiger partial charge in [0, 0.05) is 31.3 Å².